The maximum Gasteiger partial charge on any atom is 0.422 e. The molecule has 0 fully saturated rings. The number of benzene rings is 1. The first-order valence-electron chi connectivity index (χ1n) is 5.96. The zero-order chi connectivity index (χ0) is 13.6. The van der Waals surface area contributed by atoms with Crippen molar-refractivity contribution in [2.45, 2.75) is 32.5 Å². The summed E-state index contributed by atoms with van der Waals surface area (Å²) in [5, 5.41) is 3.22. The summed E-state index contributed by atoms with van der Waals surface area (Å²) in [7, 11) is 0. The smallest absolute Gasteiger partial charge is 0.422 e. The van der Waals surface area contributed by atoms with E-state index in [9.17, 15) is 13.2 Å². The number of nitrogens with one attached hydrogen (secondary N) is 1. The first-order valence-corrected chi connectivity index (χ1v) is 5.96. The minimum absolute atomic E-state index is 0.0330. The van der Waals surface area contributed by atoms with Crippen molar-refractivity contribution in [3.63, 3.8) is 0 Å². The maximum absolute atomic E-state index is 12.1. The molecule has 0 aliphatic heterocycles. The Morgan fingerprint density at radius 3 is 2.56 bits per heavy atom. The summed E-state index contributed by atoms with van der Waals surface area (Å²) in [5.74, 6) is 0.283. The number of hydrogen-bond acceptors (Lipinski definition) is 2. The standard InChI is InChI=1S/C13H18F3NO/c1-3-8-17-10(2)11-6-4-5-7-12(11)18-9-13(14,15)16/h4-7,10,17H,3,8-9H2,1-2H3. The highest BCUT2D eigenvalue weighted by Gasteiger charge is 2.29. The molecule has 1 N–H and O–H groups in total. The van der Waals surface area contributed by atoms with E-state index >= 15 is 0 Å². The first kappa shape index (κ1) is 14.8. The van der Waals surface area contributed by atoms with E-state index in [1.165, 1.54) is 0 Å². The number of rotatable bonds is 6. The van der Waals surface area contributed by atoms with Crippen molar-refractivity contribution in [2.75, 3.05) is 13.2 Å². The monoisotopic (exact) mass is 261 g/mol. The minimum Gasteiger partial charge on any atom is -0.484 e. The van der Waals surface area contributed by atoms with Gasteiger partial charge in [-0.1, -0.05) is 25.1 Å². The third-order valence-electron chi connectivity index (χ3n) is 2.48. The Hall–Kier alpha value is -1.23. The summed E-state index contributed by atoms with van der Waals surface area (Å²) < 4.78 is 41.2. The lowest BCUT2D eigenvalue weighted by molar-refractivity contribution is -0.153. The fourth-order valence-corrected chi connectivity index (χ4v) is 1.60. The lowest BCUT2D eigenvalue weighted by atomic mass is 10.1. The van der Waals surface area contributed by atoms with Gasteiger partial charge in [0.05, 0.1) is 0 Å². The predicted molar refractivity (Wildman–Crippen MR) is 64.7 cm³/mol. The second kappa shape index (κ2) is 6.64. The van der Waals surface area contributed by atoms with Gasteiger partial charge >= 0.3 is 6.18 Å². The SMILES string of the molecule is CCCNC(C)c1ccccc1OCC(F)(F)F. The van der Waals surface area contributed by atoms with Gasteiger partial charge in [0, 0.05) is 11.6 Å². The topological polar surface area (TPSA) is 21.3 Å². The highest BCUT2D eigenvalue weighted by Crippen LogP contribution is 2.26. The van der Waals surface area contributed by atoms with Crippen LogP contribution in [0.25, 0.3) is 0 Å². The number of ether oxygens (including phenoxy) is 1. The molecule has 0 aliphatic carbocycles. The second-order valence-electron chi connectivity index (χ2n) is 4.12. The van der Waals surface area contributed by atoms with Crippen LogP contribution >= 0.6 is 0 Å². The summed E-state index contributed by atoms with van der Waals surface area (Å²) in [4.78, 5) is 0. The molecule has 1 unspecified atom stereocenters. The highest BCUT2D eigenvalue weighted by atomic mass is 19.4. The van der Waals surface area contributed by atoms with E-state index in [1.807, 2.05) is 13.8 Å². The molecule has 2 nitrogen and oxygen atoms in total. The summed E-state index contributed by atoms with van der Waals surface area (Å²) in [6.07, 6.45) is -3.34. The van der Waals surface area contributed by atoms with Gasteiger partial charge in [-0.05, 0) is 26.0 Å². The molecule has 1 aromatic rings. The Morgan fingerprint density at radius 1 is 1.28 bits per heavy atom. The van der Waals surface area contributed by atoms with Crippen LogP contribution in [0.3, 0.4) is 0 Å². The van der Waals surface area contributed by atoms with Crippen LogP contribution in [0.15, 0.2) is 24.3 Å². The van der Waals surface area contributed by atoms with E-state index in [0.717, 1.165) is 18.5 Å². The van der Waals surface area contributed by atoms with Crippen LogP contribution < -0.4 is 10.1 Å². The molecule has 0 radical (unpaired) electrons. The van der Waals surface area contributed by atoms with Gasteiger partial charge < -0.3 is 10.1 Å². The Morgan fingerprint density at radius 2 is 1.94 bits per heavy atom. The summed E-state index contributed by atoms with van der Waals surface area (Å²) in [6, 6.07) is 6.76. The van der Waals surface area contributed by atoms with Crippen molar-refractivity contribution < 1.29 is 17.9 Å². The fraction of sp³-hybridized carbons (Fsp3) is 0.538. The van der Waals surface area contributed by atoms with Crippen molar-refractivity contribution in [3.05, 3.63) is 29.8 Å². The number of alkyl halides is 3. The zero-order valence-electron chi connectivity index (χ0n) is 10.6. The van der Waals surface area contributed by atoms with E-state index in [-0.39, 0.29) is 11.8 Å². The van der Waals surface area contributed by atoms with Crippen LogP contribution in [0.2, 0.25) is 0 Å². The Labute approximate surface area is 105 Å². The van der Waals surface area contributed by atoms with Gasteiger partial charge in [0.1, 0.15) is 5.75 Å². The molecule has 0 bridgehead atoms. The molecule has 0 heterocycles. The predicted octanol–water partition coefficient (Wildman–Crippen LogP) is 3.69. The lowest BCUT2D eigenvalue weighted by Crippen LogP contribution is -2.22. The van der Waals surface area contributed by atoms with Crippen LogP contribution in [0.5, 0.6) is 5.75 Å². The maximum atomic E-state index is 12.1. The molecule has 0 aliphatic rings. The van der Waals surface area contributed by atoms with Gasteiger partial charge in [0.15, 0.2) is 6.61 Å². The summed E-state index contributed by atoms with van der Waals surface area (Å²) in [6.45, 7) is 3.50. The van der Waals surface area contributed by atoms with Crippen molar-refractivity contribution in [1.82, 2.24) is 5.32 Å². The molecule has 1 aromatic carbocycles. The van der Waals surface area contributed by atoms with Gasteiger partial charge in [0.2, 0.25) is 0 Å². The molecule has 0 saturated carbocycles. The van der Waals surface area contributed by atoms with Crippen molar-refractivity contribution in [2.24, 2.45) is 0 Å². The van der Waals surface area contributed by atoms with Crippen molar-refractivity contribution >= 4 is 0 Å². The van der Waals surface area contributed by atoms with Crippen molar-refractivity contribution in [3.8, 4) is 5.75 Å². The van der Waals surface area contributed by atoms with Gasteiger partial charge in [-0.15, -0.1) is 0 Å². The van der Waals surface area contributed by atoms with E-state index in [4.69, 9.17) is 4.74 Å². The average molecular weight is 261 g/mol. The molecule has 1 atom stereocenters. The van der Waals surface area contributed by atoms with Crippen molar-refractivity contribution in [1.29, 1.82) is 0 Å². The third kappa shape index (κ3) is 4.96. The van der Waals surface area contributed by atoms with E-state index < -0.39 is 12.8 Å². The molecule has 102 valence electrons. The minimum atomic E-state index is -4.31. The molecule has 1 rings (SSSR count). The Bertz CT molecular complexity index is 365. The molecule has 0 amide bonds. The molecular weight excluding hydrogens is 243 g/mol. The fourth-order valence-electron chi connectivity index (χ4n) is 1.60. The Kier molecular flexibility index (Phi) is 5.47. The Balaban J connectivity index is 2.72. The molecule has 0 saturated heterocycles. The number of halogens is 3. The second-order valence-corrected chi connectivity index (χ2v) is 4.12. The van der Waals surface area contributed by atoms with Crippen LogP contribution in [0, 0.1) is 0 Å². The largest absolute Gasteiger partial charge is 0.484 e. The van der Waals surface area contributed by atoms with Crippen LogP contribution in [0.1, 0.15) is 31.9 Å². The van der Waals surface area contributed by atoms with Gasteiger partial charge in [0.25, 0.3) is 0 Å². The van der Waals surface area contributed by atoms with E-state index in [0.29, 0.717) is 0 Å². The lowest BCUT2D eigenvalue weighted by Gasteiger charge is -2.18. The van der Waals surface area contributed by atoms with E-state index in [2.05, 4.69) is 5.32 Å². The quantitative estimate of drug-likeness (QED) is 0.843. The summed E-state index contributed by atoms with van der Waals surface area (Å²) in [5.41, 5.74) is 0.746. The normalized spacial score (nSPS) is 13.4. The summed E-state index contributed by atoms with van der Waals surface area (Å²) >= 11 is 0. The third-order valence-corrected chi connectivity index (χ3v) is 2.48. The van der Waals surface area contributed by atoms with E-state index in [1.54, 1.807) is 24.3 Å². The highest BCUT2D eigenvalue weighted by molar-refractivity contribution is 5.35. The molecule has 0 aromatic heterocycles. The van der Waals surface area contributed by atoms with Gasteiger partial charge in [-0.3, -0.25) is 0 Å². The number of para-hydroxylation sites is 1. The van der Waals surface area contributed by atoms with Crippen LogP contribution in [-0.2, 0) is 0 Å². The molecule has 0 spiro atoms. The molecule has 18 heavy (non-hydrogen) atoms. The van der Waals surface area contributed by atoms with Crippen LogP contribution in [0.4, 0.5) is 13.2 Å². The molecule has 5 heteroatoms. The number of hydrogen-bond donors (Lipinski definition) is 1. The average Bonchev–Trinajstić information content (AvgIpc) is 2.33. The first-order chi connectivity index (χ1) is 8.44. The van der Waals surface area contributed by atoms with Crippen LogP contribution in [-0.4, -0.2) is 19.3 Å². The van der Waals surface area contributed by atoms with Gasteiger partial charge in [-0.2, -0.15) is 13.2 Å². The molecular formula is C13H18F3NO. The van der Waals surface area contributed by atoms with Gasteiger partial charge in [-0.25, -0.2) is 0 Å². The zero-order valence-corrected chi connectivity index (χ0v) is 10.6.